The molecule has 1 amide bonds. The third kappa shape index (κ3) is 3.11. The Morgan fingerprint density at radius 3 is 2.65 bits per heavy atom. The van der Waals surface area contributed by atoms with Crippen molar-refractivity contribution >= 4 is 11.9 Å². The molecule has 1 aliphatic heterocycles. The van der Waals surface area contributed by atoms with Crippen LogP contribution in [0, 0.1) is 0 Å². The molecule has 120 valence electrons. The van der Waals surface area contributed by atoms with Gasteiger partial charge in [-0.3, -0.25) is 9.48 Å². The summed E-state index contributed by atoms with van der Waals surface area (Å²) in [6.07, 6.45) is 2.89. The molecule has 6 heteroatoms. The predicted octanol–water partition coefficient (Wildman–Crippen LogP) is 1.39. The lowest BCUT2D eigenvalue weighted by molar-refractivity contribution is -0.151. The maximum absolute atomic E-state index is 12.6. The summed E-state index contributed by atoms with van der Waals surface area (Å²) in [5.41, 5.74) is 3.00. The van der Waals surface area contributed by atoms with E-state index in [0.717, 1.165) is 16.8 Å². The zero-order valence-electron chi connectivity index (χ0n) is 13.0. The number of rotatable bonds is 4. The van der Waals surface area contributed by atoms with Gasteiger partial charge >= 0.3 is 5.97 Å². The molecule has 1 atom stereocenters. The Morgan fingerprint density at radius 2 is 2.00 bits per heavy atom. The molecule has 0 unspecified atom stereocenters. The summed E-state index contributed by atoms with van der Waals surface area (Å²) in [5.74, 6) is -1.08. The average molecular weight is 313 g/mol. The molecule has 0 bridgehead atoms. The van der Waals surface area contributed by atoms with Crippen molar-refractivity contribution in [2.75, 3.05) is 0 Å². The van der Waals surface area contributed by atoms with Crippen molar-refractivity contribution in [3.05, 3.63) is 53.3 Å². The van der Waals surface area contributed by atoms with E-state index in [2.05, 4.69) is 5.10 Å². The first kappa shape index (κ1) is 15.3. The van der Waals surface area contributed by atoms with E-state index >= 15 is 0 Å². The first-order valence-corrected chi connectivity index (χ1v) is 7.62. The Kier molecular flexibility index (Phi) is 4.14. The van der Waals surface area contributed by atoms with E-state index < -0.39 is 12.0 Å². The molecule has 1 N–H and O–H groups in total. The van der Waals surface area contributed by atoms with Crippen LogP contribution in [0.5, 0.6) is 0 Å². The van der Waals surface area contributed by atoms with Crippen LogP contribution < -0.4 is 0 Å². The van der Waals surface area contributed by atoms with E-state index in [1.165, 1.54) is 4.90 Å². The Morgan fingerprint density at radius 1 is 1.26 bits per heavy atom. The molecule has 0 radical (unpaired) electrons. The molecule has 0 fully saturated rings. The van der Waals surface area contributed by atoms with Crippen LogP contribution in [0.3, 0.4) is 0 Å². The molecule has 6 nitrogen and oxygen atoms in total. The van der Waals surface area contributed by atoms with Crippen LogP contribution in [0.4, 0.5) is 0 Å². The molecule has 0 aliphatic carbocycles. The highest BCUT2D eigenvalue weighted by Crippen LogP contribution is 2.24. The Labute approximate surface area is 134 Å². The van der Waals surface area contributed by atoms with Gasteiger partial charge in [-0.2, -0.15) is 5.10 Å². The highest BCUT2D eigenvalue weighted by Gasteiger charge is 2.34. The van der Waals surface area contributed by atoms with Crippen LogP contribution >= 0.6 is 0 Å². The SMILES string of the molecule is Cn1nccc1CCC(=O)N1Cc2ccccc2C[C@@H]1C(=O)O. The molecule has 0 saturated carbocycles. The molecular weight excluding hydrogens is 294 g/mol. The summed E-state index contributed by atoms with van der Waals surface area (Å²) in [6, 6.07) is 8.78. The molecule has 0 spiro atoms. The summed E-state index contributed by atoms with van der Waals surface area (Å²) in [5, 5.41) is 13.5. The lowest BCUT2D eigenvalue weighted by atomic mass is 9.93. The molecule has 2 aromatic rings. The standard InChI is InChI=1S/C17H19N3O3/c1-19-14(8-9-18-19)6-7-16(21)20-11-13-5-3-2-4-12(13)10-15(20)17(22)23/h2-5,8-9,15H,6-7,10-11H2,1H3,(H,22,23)/t15-/m1/s1. The van der Waals surface area contributed by atoms with Gasteiger partial charge in [0.15, 0.2) is 0 Å². The van der Waals surface area contributed by atoms with Gasteiger partial charge in [-0.25, -0.2) is 4.79 Å². The number of aryl methyl sites for hydroxylation is 2. The van der Waals surface area contributed by atoms with Gasteiger partial charge in [0.25, 0.3) is 0 Å². The number of hydrogen-bond donors (Lipinski definition) is 1. The summed E-state index contributed by atoms with van der Waals surface area (Å²) in [7, 11) is 1.83. The Bertz CT molecular complexity index is 738. The van der Waals surface area contributed by atoms with E-state index in [-0.39, 0.29) is 12.3 Å². The largest absolute Gasteiger partial charge is 0.480 e. The summed E-state index contributed by atoms with van der Waals surface area (Å²) in [4.78, 5) is 25.6. The first-order valence-electron chi connectivity index (χ1n) is 7.62. The van der Waals surface area contributed by atoms with Gasteiger partial charge in [-0.1, -0.05) is 24.3 Å². The molecule has 0 saturated heterocycles. The number of aromatic nitrogens is 2. The summed E-state index contributed by atoms with van der Waals surface area (Å²) >= 11 is 0. The number of nitrogens with zero attached hydrogens (tertiary/aromatic N) is 3. The fourth-order valence-electron chi connectivity index (χ4n) is 3.03. The van der Waals surface area contributed by atoms with Gasteiger partial charge in [-0.15, -0.1) is 0 Å². The number of aliphatic carboxylic acids is 1. The lowest BCUT2D eigenvalue weighted by Gasteiger charge is -2.34. The minimum atomic E-state index is -0.951. The lowest BCUT2D eigenvalue weighted by Crippen LogP contribution is -2.48. The summed E-state index contributed by atoms with van der Waals surface area (Å²) in [6.45, 7) is 0.358. The molecule has 2 heterocycles. The number of carbonyl (C=O) groups is 2. The predicted molar refractivity (Wildman–Crippen MR) is 83.6 cm³/mol. The van der Waals surface area contributed by atoms with E-state index in [1.807, 2.05) is 37.4 Å². The van der Waals surface area contributed by atoms with Gasteiger partial charge in [-0.05, 0) is 23.6 Å². The quantitative estimate of drug-likeness (QED) is 0.925. The van der Waals surface area contributed by atoms with E-state index in [0.29, 0.717) is 19.4 Å². The molecule has 1 aromatic carbocycles. The number of carboxylic acids is 1. The maximum atomic E-state index is 12.6. The van der Waals surface area contributed by atoms with Gasteiger partial charge < -0.3 is 10.0 Å². The van der Waals surface area contributed by atoms with Crippen molar-refractivity contribution < 1.29 is 14.7 Å². The van der Waals surface area contributed by atoms with Gasteiger partial charge in [0.1, 0.15) is 6.04 Å². The van der Waals surface area contributed by atoms with Gasteiger partial charge in [0, 0.05) is 38.3 Å². The van der Waals surface area contributed by atoms with Crippen molar-refractivity contribution in [3.8, 4) is 0 Å². The van der Waals surface area contributed by atoms with Crippen LogP contribution in [-0.4, -0.2) is 37.7 Å². The number of amides is 1. The first-order chi connectivity index (χ1) is 11.1. The number of hydrogen-bond acceptors (Lipinski definition) is 3. The van der Waals surface area contributed by atoms with Gasteiger partial charge in [0.05, 0.1) is 0 Å². The van der Waals surface area contributed by atoms with Crippen LogP contribution in [0.2, 0.25) is 0 Å². The Hall–Kier alpha value is -2.63. The molecule has 1 aliphatic rings. The minimum Gasteiger partial charge on any atom is -0.480 e. The number of carbonyl (C=O) groups excluding carboxylic acids is 1. The van der Waals surface area contributed by atoms with Crippen molar-refractivity contribution in [3.63, 3.8) is 0 Å². The van der Waals surface area contributed by atoms with Crippen LogP contribution in [-0.2, 0) is 36.0 Å². The fraction of sp³-hybridized carbons (Fsp3) is 0.353. The average Bonchev–Trinajstić information content (AvgIpc) is 2.96. The summed E-state index contributed by atoms with van der Waals surface area (Å²) < 4.78 is 1.73. The second-order valence-corrected chi connectivity index (χ2v) is 5.79. The highest BCUT2D eigenvalue weighted by atomic mass is 16.4. The molecule has 23 heavy (non-hydrogen) atoms. The van der Waals surface area contributed by atoms with Crippen LogP contribution in [0.1, 0.15) is 23.2 Å². The zero-order valence-corrected chi connectivity index (χ0v) is 13.0. The smallest absolute Gasteiger partial charge is 0.326 e. The van der Waals surface area contributed by atoms with Crippen molar-refractivity contribution in [1.82, 2.24) is 14.7 Å². The zero-order chi connectivity index (χ0) is 16.4. The molecule has 1 aromatic heterocycles. The van der Waals surface area contributed by atoms with Gasteiger partial charge in [0.2, 0.25) is 5.91 Å². The van der Waals surface area contributed by atoms with Crippen LogP contribution in [0.25, 0.3) is 0 Å². The molecule has 3 rings (SSSR count). The normalized spacial score (nSPS) is 16.9. The minimum absolute atomic E-state index is 0.131. The van der Waals surface area contributed by atoms with Crippen molar-refractivity contribution in [2.24, 2.45) is 7.05 Å². The fourth-order valence-corrected chi connectivity index (χ4v) is 3.03. The monoisotopic (exact) mass is 313 g/mol. The third-order valence-electron chi connectivity index (χ3n) is 4.37. The number of fused-ring (bicyclic) bond motifs is 1. The van der Waals surface area contributed by atoms with E-state index in [4.69, 9.17) is 0 Å². The highest BCUT2D eigenvalue weighted by molar-refractivity contribution is 5.84. The second kappa shape index (κ2) is 6.24. The van der Waals surface area contributed by atoms with E-state index in [1.54, 1.807) is 10.9 Å². The van der Waals surface area contributed by atoms with Crippen LogP contribution in [0.15, 0.2) is 36.5 Å². The van der Waals surface area contributed by atoms with E-state index in [9.17, 15) is 14.7 Å². The molecular formula is C17H19N3O3. The number of benzene rings is 1. The topological polar surface area (TPSA) is 75.4 Å². The van der Waals surface area contributed by atoms with Crippen molar-refractivity contribution in [2.45, 2.75) is 31.8 Å². The maximum Gasteiger partial charge on any atom is 0.326 e. The van der Waals surface area contributed by atoms with Crippen molar-refractivity contribution in [1.29, 1.82) is 0 Å². The Balaban J connectivity index is 1.75. The third-order valence-corrected chi connectivity index (χ3v) is 4.37. The number of carboxylic acid groups (broad SMARTS) is 1. The second-order valence-electron chi connectivity index (χ2n) is 5.79.